The van der Waals surface area contributed by atoms with E-state index in [1.54, 1.807) is 12.1 Å². The van der Waals surface area contributed by atoms with Gasteiger partial charge in [0.05, 0.1) is 13.2 Å². The number of ether oxygens (including phenoxy) is 1. The van der Waals surface area contributed by atoms with Gasteiger partial charge in [-0.25, -0.2) is 0 Å². The lowest BCUT2D eigenvalue weighted by Crippen LogP contribution is -2.38. The molecule has 26 heavy (non-hydrogen) atoms. The van der Waals surface area contributed by atoms with Crippen molar-refractivity contribution in [1.29, 1.82) is 0 Å². The quantitative estimate of drug-likeness (QED) is 0.608. The van der Waals surface area contributed by atoms with E-state index in [9.17, 15) is 9.59 Å². The number of carbonyl (C=O) groups excluding carboxylic acids is 2. The van der Waals surface area contributed by atoms with Gasteiger partial charge >= 0.3 is 11.8 Å². The highest BCUT2D eigenvalue weighted by atomic mass is 32.1. The monoisotopic (exact) mass is 377 g/mol. The largest absolute Gasteiger partial charge is 0.394 e. The summed E-state index contributed by atoms with van der Waals surface area (Å²) < 4.78 is 5.53. The number of aliphatic hydroxyl groups excluding tert-OH is 1. The zero-order valence-corrected chi connectivity index (χ0v) is 15.6. The molecule has 0 aliphatic rings. The van der Waals surface area contributed by atoms with Crippen LogP contribution in [0.3, 0.4) is 0 Å². The molecule has 0 spiro atoms. The Morgan fingerprint density at radius 1 is 1.19 bits per heavy atom. The van der Waals surface area contributed by atoms with Crippen molar-refractivity contribution in [2.45, 2.75) is 6.10 Å². The van der Waals surface area contributed by atoms with Crippen molar-refractivity contribution in [1.82, 2.24) is 5.32 Å². The summed E-state index contributed by atoms with van der Waals surface area (Å²) in [7, 11) is 3.84. The van der Waals surface area contributed by atoms with Crippen LogP contribution in [-0.4, -0.2) is 50.8 Å². The van der Waals surface area contributed by atoms with E-state index in [2.05, 4.69) is 10.6 Å². The topological polar surface area (TPSA) is 90.9 Å². The van der Waals surface area contributed by atoms with Crippen LogP contribution in [0.5, 0.6) is 0 Å². The Kier molecular flexibility index (Phi) is 7.58. The number of carbonyl (C=O) groups is 2. The third-order valence-electron chi connectivity index (χ3n) is 3.62. The first-order valence-electron chi connectivity index (χ1n) is 8.12. The molecule has 0 unspecified atom stereocenters. The van der Waals surface area contributed by atoms with E-state index in [0.717, 1.165) is 11.3 Å². The Morgan fingerprint density at radius 3 is 2.50 bits per heavy atom. The van der Waals surface area contributed by atoms with Crippen molar-refractivity contribution < 1.29 is 19.4 Å². The minimum absolute atomic E-state index is 0.113. The predicted octanol–water partition coefficient (Wildman–Crippen LogP) is 1.62. The first kappa shape index (κ1) is 19.9. The third-order valence-corrected chi connectivity index (χ3v) is 4.32. The fraction of sp³-hybridized carbons (Fsp3) is 0.333. The van der Waals surface area contributed by atoms with Crippen molar-refractivity contribution in [3.05, 3.63) is 46.7 Å². The zero-order chi connectivity index (χ0) is 18.9. The van der Waals surface area contributed by atoms with E-state index in [0.29, 0.717) is 5.69 Å². The van der Waals surface area contributed by atoms with Gasteiger partial charge in [0.2, 0.25) is 0 Å². The maximum atomic E-state index is 12.0. The van der Waals surface area contributed by atoms with Crippen LogP contribution in [0.25, 0.3) is 0 Å². The number of rotatable bonds is 8. The van der Waals surface area contributed by atoms with Crippen molar-refractivity contribution in [2.75, 3.05) is 44.1 Å². The van der Waals surface area contributed by atoms with E-state index >= 15 is 0 Å². The average Bonchev–Trinajstić information content (AvgIpc) is 3.16. The number of nitrogens with one attached hydrogen (secondary N) is 2. The third kappa shape index (κ3) is 5.83. The summed E-state index contributed by atoms with van der Waals surface area (Å²) in [6.07, 6.45) is -0.412. The Balaban J connectivity index is 1.88. The molecule has 3 N–H and O–H groups in total. The van der Waals surface area contributed by atoms with Crippen molar-refractivity contribution in [3.63, 3.8) is 0 Å². The van der Waals surface area contributed by atoms with Crippen molar-refractivity contribution in [2.24, 2.45) is 0 Å². The molecule has 1 aromatic carbocycles. The van der Waals surface area contributed by atoms with Gasteiger partial charge in [0.1, 0.15) is 6.10 Å². The molecule has 2 amide bonds. The van der Waals surface area contributed by atoms with Crippen LogP contribution in [-0.2, 0) is 14.3 Å². The highest BCUT2D eigenvalue weighted by molar-refractivity contribution is 7.07. The molecule has 0 saturated heterocycles. The molecule has 140 valence electrons. The number of thiophene rings is 1. The van der Waals surface area contributed by atoms with Crippen LogP contribution >= 0.6 is 11.3 Å². The second-order valence-electron chi connectivity index (χ2n) is 5.75. The predicted molar refractivity (Wildman–Crippen MR) is 103 cm³/mol. The first-order valence-corrected chi connectivity index (χ1v) is 9.06. The number of nitrogens with zero attached hydrogens (tertiary/aromatic N) is 1. The molecule has 0 radical (unpaired) electrons. The fourth-order valence-corrected chi connectivity index (χ4v) is 2.92. The summed E-state index contributed by atoms with van der Waals surface area (Å²) in [5.74, 6) is -1.48. The minimum Gasteiger partial charge on any atom is -0.394 e. The number of anilines is 2. The number of amides is 2. The standard InChI is InChI=1S/C18H23N3O4S/c1-21(2)15-5-3-14(4-6-15)20-18(24)17(23)19-11-16(25-9-8-22)13-7-10-26-12-13/h3-7,10,12,16,22H,8-9,11H2,1-2H3,(H,19,23)(H,20,24)/t16-/m1/s1. The molecule has 0 aliphatic heterocycles. The van der Waals surface area contributed by atoms with Gasteiger partial charge in [-0.05, 0) is 46.7 Å². The molecule has 1 atom stereocenters. The smallest absolute Gasteiger partial charge is 0.313 e. The van der Waals surface area contributed by atoms with Gasteiger partial charge in [0.15, 0.2) is 0 Å². The number of aliphatic hydroxyl groups is 1. The Morgan fingerprint density at radius 2 is 1.92 bits per heavy atom. The van der Waals surface area contributed by atoms with E-state index in [-0.39, 0.29) is 19.8 Å². The molecule has 0 bridgehead atoms. The van der Waals surface area contributed by atoms with Crippen LogP contribution in [0.4, 0.5) is 11.4 Å². The second-order valence-corrected chi connectivity index (χ2v) is 6.53. The summed E-state index contributed by atoms with van der Waals surface area (Å²) in [6, 6.07) is 9.05. The highest BCUT2D eigenvalue weighted by Gasteiger charge is 2.18. The van der Waals surface area contributed by atoms with Crippen LogP contribution in [0, 0.1) is 0 Å². The molecule has 1 heterocycles. The molecule has 1 aromatic heterocycles. The molecule has 2 aromatic rings. The summed E-state index contributed by atoms with van der Waals surface area (Å²) in [4.78, 5) is 26.0. The van der Waals surface area contributed by atoms with Crippen LogP contribution in [0.15, 0.2) is 41.1 Å². The van der Waals surface area contributed by atoms with E-state index < -0.39 is 17.9 Å². The Bertz CT molecular complexity index is 702. The van der Waals surface area contributed by atoms with Gasteiger partial charge in [-0.15, -0.1) is 0 Å². The van der Waals surface area contributed by atoms with Gasteiger partial charge in [0.25, 0.3) is 0 Å². The number of hydrogen-bond acceptors (Lipinski definition) is 6. The number of hydrogen-bond donors (Lipinski definition) is 3. The number of benzene rings is 1. The van der Waals surface area contributed by atoms with Crippen LogP contribution in [0.2, 0.25) is 0 Å². The first-order chi connectivity index (χ1) is 12.5. The highest BCUT2D eigenvalue weighted by Crippen LogP contribution is 2.19. The molecular formula is C18H23N3O4S. The molecular weight excluding hydrogens is 354 g/mol. The molecule has 0 saturated carbocycles. The molecule has 0 fully saturated rings. The van der Waals surface area contributed by atoms with Crippen molar-refractivity contribution >= 4 is 34.5 Å². The van der Waals surface area contributed by atoms with Crippen LogP contribution < -0.4 is 15.5 Å². The maximum Gasteiger partial charge on any atom is 0.313 e. The lowest BCUT2D eigenvalue weighted by atomic mass is 10.2. The summed E-state index contributed by atoms with van der Waals surface area (Å²) in [6.45, 7) is 0.182. The SMILES string of the molecule is CN(C)c1ccc(NC(=O)C(=O)NC[C@@H](OCCO)c2ccsc2)cc1. The molecule has 8 heteroatoms. The fourth-order valence-electron chi connectivity index (χ4n) is 2.22. The van der Waals surface area contributed by atoms with E-state index in [4.69, 9.17) is 9.84 Å². The summed E-state index contributed by atoms with van der Waals surface area (Å²) in [5, 5.41) is 17.9. The molecule has 2 rings (SSSR count). The Hall–Kier alpha value is -2.42. The summed E-state index contributed by atoms with van der Waals surface area (Å²) >= 11 is 1.51. The van der Waals surface area contributed by atoms with E-state index in [1.165, 1.54) is 11.3 Å². The lowest BCUT2D eigenvalue weighted by Gasteiger charge is -2.17. The van der Waals surface area contributed by atoms with Gasteiger partial charge in [-0.2, -0.15) is 11.3 Å². The van der Waals surface area contributed by atoms with Gasteiger partial charge in [0, 0.05) is 32.0 Å². The van der Waals surface area contributed by atoms with Gasteiger partial charge in [-0.3, -0.25) is 9.59 Å². The molecule has 7 nitrogen and oxygen atoms in total. The average molecular weight is 377 g/mol. The van der Waals surface area contributed by atoms with Gasteiger partial charge < -0.3 is 25.4 Å². The molecule has 0 aliphatic carbocycles. The Labute approximate surface area is 156 Å². The summed E-state index contributed by atoms with van der Waals surface area (Å²) in [5.41, 5.74) is 2.43. The van der Waals surface area contributed by atoms with E-state index in [1.807, 2.05) is 48.0 Å². The second kappa shape index (κ2) is 9.91. The maximum absolute atomic E-state index is 12.0. The zero-order valence-electron chi connectivity index (χ0n) is 14.8. The normalized spacial score (nSPS) is 11.7. The van der Waals surface area contributed by atoms with Crippen molar-refractivity contribution in [3.8, 4) is 0 Å². The minimum atomic E-state index is -0.742. The van der Waals surface area contributed by atoms with Gasteiger partial charge in [-0.1, -0.05) is 0 Å². The van der Waals surface area contributed by atoms with Crippen LogP contribution in [0.1, 0.15) is 11.7 Å². The lowest BCUT2D eigenvalue weighted by molar-refractivity contribution is -0.136.